The standard InChI is InChI=1S/C11H15BrN2O4S2/c1-3-9(7-19-2)13-20(17,18)11-6-8(12)4-5-10(11)14(15)16/h4-6,9,13H,3,7H2,1-2H3. The molecule has 112 valence electrons. The van der Waals surface area contributed by atoms with E-state index in [1.807, 2.05) is 13.2 Å². The van der Waals surface area contributed by atoms with Gasteiger partial charge in [-0.05, 0) is 24.8 Å². The molecule has 9 heteroatoms. The van der Waals surface area contributed by atoms with E-state index in [0.29, 0.717) is 16.6 Å². The topological polar surface area (TPSA) is 89.3 Å². The number of nitrogens with zero attached hydrogens (tertiary/aromatic N) is 1. The van der Waals surface area contributed by atoms with Crippen molar-refractivity contribution in [3.8, 4) is 0 Å². The third-order valence-electron chi connectivity index (χ3n) is 2.59. The van der Waals surface area contributed by atoms with Crippen LogP contribution in [0.5, 0.6) is 0 Å². The Morgan fingerprint density at radius 1 is 1.50 bits per heavy atom. The Hall–Kier alpha value is -0.640. The molecule has 20 heavy (non-hydrogen) atoms. The number of sulfonamides is 1. The van der Waals surface area contributed by atoms with Crippen molar-refractivity contribution in [2.75, 3.05) is 12.0 Å². The maximum atomic E-state index is 12.3. The van der Waals surface area contributed by atoms with E-state index in [1.54, 1.807) is 0 Å². The van der Waals surface area contributed by atoms with E-state index in [2.05, 4.69) is 20.7 Å². The number of hydrogen-bond acceptors (Lipinski definition) is 5. The van der Waals surface area contributed by atoms with E-state index in [9.17, 15) is 18.5 Å². The van der Waals surface area contributed by atoms with Crippen LogP contribution in [0.1, 0.15) is 13.3 Å². The van der Waals surface area contributed by atoms with Crippen LogP contribution in [0.2, 0.25) is 0 Å². The predicted octanol–water partition coefficient (Wildman–Crippen LogP) is 2.78. The summed E-state index contributed by atoms with van der Waals surface area (Å²) in [7, 11) is -3.93. The molecule has 0 radical (unpaired) electrons. The first-order valence-electron chi connectivity index (χ1n) is 5.77. The summed E-state index contributed by atoms with van der Waals surface area (Å²) in [6.07, 6.45) is 2.49. The first-order chi connectivity index (χ1) is 9.31. The van der Waals surface area contributed by atoms with Gasteiger partial charge in [-0.15, -0.1) is 0 Å². The summed E-state index contributed by atoms with van der Waals surface area (Å²) in [5.41, 5.74) is -0.431. The summed E-state index contributed by atoms with van der Waals surface area (Å²) in [6.45, 7) is 1.86. The SMILES string of the molecule is CCC(CSC)NS(=O)(=O)c1cc(Br)ccc1[N+](=O)[O-]. The molecule has 0 aliphatic rings. The van der Waals surface area contributed by atoms with Crippen LogP contribution >= 0.6 is 27.7 Å². The highest BCUT2D eigenvalue weighted by atomic mass is 79.9. The Kier molecular flexibility index (Phi) is 6.44. The lowest BCUT2D eigenvalue weighted by Crippen LogP contribution is -2.36. The lowest BCUT2D eigenvalue weighted by atomic mass is 10.3. The van der Waals surface area contributed by atoms with Gasteiger partial charge in [-0.2, -0.15) is 11.8 Å². The molecule has 0 bridgehead atoms. The third-order valence-corrected chi connectivity index (χ3v) is 5.37. The third kappa shape index (κ3) is 4.44. The molecule has 0 amide bonds. The first kappa shape index (κ1) is 17.4. The normalized spacial score (nSPS) is 13.2. The molecule has 0 heterocycles. The molecular formula is C11H15BrN2O4S2. The quantitative estimate of drug-likeness (QED) is 0.578. The van der Waals surface area contributed by atoms with Crippen LogP contribution in [0.15, 0.2) is 27.6 Å². The highest BCUT2D eigenvalue weighted by Crippen LogP contribution is 2.27. The van der Waals surface area contributed by atoms with Crippen molar-refractivity contribution in [1.29, 1.82) is 0 Å². The number of halogens is 1. The van der Waals surface area contributed by atoms with Gasteiger partial charge in [0.1, 0.15) is 0 Å². The molecule has 1 N–H and O–H groups in total. The second-order valence-electron chi connectivity index (χ2n) is 4.05. The minimum absolute atomic E-state index is 0.256. The van der Waals surface area contributed by atoms with Gasteiger partial charge in [-0.1, -0.05) is 22.9 Å². The molecule has 0 aliphatic carbocycles. The molecule has 1 rings (SSSR count). The van der Waals surface area contributed by atoms with Crippen molar-refractivity contribution >= 4 is 43.4 Å². The minimum Gasteiger partial charge on any atom is -0.258 e. The van der Waals surface area contributed by atoms with Crippen LogP contribution < -0.4 is 4.72 Å². The van der Waals surface area contributed by atoms with Crippen molar-refractivity contribution in [1.82, 2.24) is 4.72 Å². The van der Waals surface area contributed by atoms with Crippen LogP contribution in [-0.4, -0.2) is 31.4 Å². The molecule has 6 nitrogen and oxygen atoms in total. The van der Waals surface area contributed by atoms with Crippen LogP contribution in [0.25, 0.3) is 0 Å². The van der Waals surface area contributed by atoms with Gasteiger partial charge in [0, 0.05) is 22.3 Å². The summed E-state index contributed by atoms with van der Waals surface area (Å²) in [5, 5.41) is 11.0. The molecule has 1 aromatic carbocycles. The Morgan fingerprint density at radius 2 is 2.15 bits per heavy atom. The average Bonchev–Trinajstić information content (AvgIpc) is 2.37. The van der Waals surface area contributed by atoms with Gasteiger partial charge in [0.25, 0.3) is 5.69 Å². The van der Waals surface area contributed by atoms with Crippen molar-refractivity contribution in [2.45, 2.75) is 24.3 Å². The molecule has 0 saturated carbocycles. The zero-order chi connectivity index (χ0) is 15.3. The van der Waals surface area contributed by atoms with Crippen LogP contribution in [-0.2, 0) is 10.0 Å². The lowest BCUT2D eigenvalue weighted by molar-refractivity contribution is -0.387. The van der Waals surface area contributed by atoms with Gasteiger partial charge < -0.3 is 0 Å². The van der Waals surface area contributed by atoms with Crippen LogP contribution in [0.3, 0.4) is 0 Å². The number of nitro groups is 1. The number of thioether (sulfide) groups is 1. The molecule has 0 aliphatic heterocycles. The molecule has 0 aromatic heterocycles. The highest BCUT2D eigenvalue weighted by Gasteiger charge is 2.27. The first-order valence-corrected chi connectivity index (χ1v) is 9.44. The Labute approximate surface area is 130 Å². The summed E-state index contributed by atoms with van der Waals surface area (Å²) < 4.78 is 27.6. The number of hydrogen-bond donors (Lipinski definition) is 1. The largest absolute Gasteiger partial charge is 0.289 e. The van der Waals surface area contributed by atoms with Gasteiger partial charge in [0.05, 0.1) is 4.92 Å². The van der Waals surface area contributed by atoms with Gasteiger partial charge in [0.2, 0.25) is 10.0 Å². The zero-order valence-corrected chi connectivity index (χ0v) is 14.2. The van der Waals surface area contributed by atoms with Crippen LogP contribution in [0, 0.1) is 10.1 Å². The second-order valence-corrected chi connectivity index (χ2v) is 7.56. The van der Waals surface area contributed by atoms with Gasteiger partial charge >= 0.3 is 0 Å². The van der Waals surface area contributed by atoms with E-state index in [1.165, 1.54) is 30.0 Å². The molecule has 0 fully saturated rings. The summed E-state index contributed by atoms with van der Waals surface area (Å²) >= 11 is 4.65. The molecule has 1 atom stereocenters. The van der Waals surface area contributed by atoms with E-state index >= 15 is 0 Å². The maximum absolute atomic E-state index is 12.3. The van der Waals surface area contributed by atoms with Gasteiger partial charge in [-0.25, -0.2) is 13.1 Å². The summed E-state index contributed by atoms with van der Waals surface area (Å²) in [5.74, 6) is 0.609. The molecular weight excluding hydrogens is 368 g/mol. The molecule has 0 saturated heterocycles. The van der Waals surface area contributed by atoms with E-state index in [0.717, 1.165) is 0 Å². The summed E-state index contributed by atoms with van der Waals surface area (Å²) in [4.78, 5) is 9.93. The fourth-order valence-corrected chi connectivity index (χ4v) is 4.43. The number of benzene rings is 1. The van der Waals surface area contributed by atoms with Gasteiger partial charge in [0.15, 0.2) is 4.90 Å². The monoisotopic (exact) mass is 382 g/mol. The highest BCUT2D eigenvalue weighted by molar-refractivity contribution is 9.10. The Balaban J connectivity index is 3.21. The van der Waals surface area contributed by atoms with Crippen LogP contribution in [0.4, 0.5) is 5.69 Å². The van der Waals surface area contributed by atoms with Gasteiger partial charge in [-0.3, -0.25) is 10.1 Å². The fourth-order valence-electron chi connectivity index (χ4n) is 1.57. The lowest BCUT2D eigenvalue weighted by Gasteiger charge is -2.16. The summed E-state index contributed by atoms with van der Waals surface area (Å²) in [6, 6.07) is 3.60. The van der Waals surface area contributed by atoms with Crippen molar-refractivity contribution in [2.24, 2.45) is 0 Å². The van der Waals surface area contributed by atoms with Crippen molar-refractivity contribution in [3.63, 3.8) is 0 Å². The van der Waals surface area contributed by atoms with Crippen molar-refractivity contribution < 1.29 is 13.3 Å². The zero-order valence-electron chi connectivity index (χ0n) is 11.0. The van der Waals surface area contributed by atoms with E-state index in [-0.39, 0.29) is 10.9 Å². The molecule has 1 aromatic rings. The Morgan fingerprint density at radius 3 is 2.65 bits per heavy atom. The number of nitro benzene ring substituents is 1. The smallest absolute Gasteiger partial charge is 0.258 e. The average molecular weight is 383 g/mol. The maximum Gasteiger partial charge on any atom is 0.289 e. The number of rotatable bonds is 7. The Bertz CT molecular complexity index is 592. The predicted molar refractivity (Wildman–Crippen MR) is 83.6 cm³/mol. The minimum atomic E-state index is -3.93. The molecule has 1 unspecified atom stereocenters. The van der Waals surface area contributed by atoms with Crippen molar-refractivity contribution in [3.05, 3.63) is 32.8 Å². The molecule has 0 spiro atoms. The second kappa shape index (κ2) is 7.39. The fraction of sp³-hybridized carbons (Fsp3) is 0.455. The van der Waals surface area contributed by atoms with E-state index < -0.39 is 20.6 Å². The van der Waals surface area contributed by atoms with E-state index in [4.69, 9.17) is 0 Å². The number of nitrogens with one attached hydrogen (secondary N) is 1.